The number of likely N-dealkylation sites (tertiary alicyclic amines) is 1. The summed E-state index contributed by atoms with van der Waals surface area (Å²) in [4.78, 5) is 26.7. The quantitative estimate of drug-likeness (QED) is 0.426. The Bertz CT molecular complexity index is 1480. The van der Waals surface area contributed by atoms with E-state index in [0.29, 0.717) is 41.0 Å². The highest BCUT2D eigenvalue weighted by Crippen LogP contribution is 2.34. The summed E-state index contributed by atoms with van der Waals surface area (Å²) >= 11 is 0. The highest BCUT2D eigenvalue weighted by Gasteiger charge is 2.28. The molecule has 0 spiro atoms. The number of aromatic amines is 1. The Balaban J connectivity index is 1.54. The number of nitrogens with two attached hydrogens (primary N) is 1. The van der Waals surface area contributed by atoms with E-state index in [-0.39, 0.29) is 23.5 Å². The van der Waals surface area contributed by atoms with E-state index < -0.39 is 11.4 Å². The molecule has 1 atom stereocenters. The van der Waals surface area contributed by atoms with Crippen LogP contribution in [0.5, 0.6) is 11.5 Å². The molecule has 178 valence electrons. The number of para-hydroxylation sites is 1. The number of amides is 1. The van der Waals surface area contributed by atoms with Crippen LogP contribution in [0, 0.1) is 5.82 Å². The molecule has 0 aliphatic carbocycles. The molecule has 1 amide bonds. The zero-order valence-corrected chi connectivity index (χ0v) is 18.8. The van der Waals surface area contributed by atoms with Gasteiger partial charge in [0.15, 0.2) is 17.4 Å². The van der Waals surface area contributed by atoms with Crippen LogP contribution in [0.15, 0.2) is 66.0 Å². The van der Waals surface area contributed by atoms with E-state index in [0.717, 1.165) is 12.8 Å². The number of anilines is 1. The van der Waals surface area contributed by atoms with Crippen molar-refractivity contribution in [1.82, 2.24) is 24.9 Å². The molecule has 1 aliphatic rings. The van der Waals surface area contributed by atoms with E-state index in [1.165, 1.54) is 12.1 Å². The minimum Gasteiger partial charge on any atom is -0.454 e. The van der Waals surface area contributed by atoms with Gasteiger partial charge in [0.05, 0.1) is 11.4 Å². The summed E-state index contributed by atoms with van der Waals surface area (Å²) in [6, 6.07) is 12.8. The summed E-state index contributed by atoms with van der Waals surface area (Å²) in [5, 5.41) is 11.6. The van der Waals surface area contributed by atoms with Crippen LogP contribution in [-0.2, 0) is 4.79 Å². The molecule has 4 aromatic rings. The number of nitrogens with one attached hydrogen (secondary N) is 1. The monoisotopic (exact) mass is 474 g/mol. The number of benzene rings is 2. The summed E-state index contributed by atoms with van der Waals surface area (Å²) in [5.74, 6) is 0.0772. The van der Waals surface area contributed by atoms with E-state index in [1.807, 2.05) is 0 Å². The van der Waals surface area contributed by atoms with Gasteiger partial charge in [-0.15, -0.1) is 0 Å². The molecule has 1 saturated heterocycles. The Morgan fingerprint density at radius 1 is 1.23 bits per heavy atom. The van der Waals surface area contributed by atoms with Crippen molar-refractivity contribution in [2.24, 2.45) is 0 Å². The average Bonchev–Trinajstić information content (AvgIpc) is 3.30. The first kappa shape index (κ1) is 22.3. The number of hydrogen-bond donors (Lipinski definition) is 2. The van der Waals surface area contributed by atoms with Gasteiger partial charge in [-0.2, -0.15) is 10.2 Å². The highest BCUT2D eigenvalue weighted by atomic mass is 19.1. The van der Waals surface area contributed by atoms with Gasteiger partial charge in [-0.25, -0.2) is 9.49 Å². The van der Waals surface area contributed by atoms with Crippen molar-refractivity contribution >= 4 is 22.6 Å². The van der Waals surface area contributed by atoms with Crippen molar-refractivity contribution in [3.63, 3.8) is 0 Å². The molecule has 2 aromatic heterocycles. The van der Waals surface area contributed by atoms with Crippen LogP contribution in [0.4, 0.5) is 10.2 Å². The fourth-order valence-electron chi connectivity index (χ4n) is 4.40. The van der Waals surface area contributed by atoms with Crippen molar-refractivity contribution in [2.75, 3.05) is 18.8 Å². The molecular formula is C25H23FN6O3. The number of ether oxygens (including phenoxy) is 1. The lowest BCUT2D eigenvalue weighted by molar-refractivity contribution is -0.127. The van der Waals surface area contributed by atoms with E-state index in [1.54, 1.807) is 52.0 Å². The summed E-state index contributed by atoms with van der Waals surface area (Å²) in [6.07, 6.45) is 2.80. The lowest BCUT2D eigenvalue weighted by Gasteiger charge is -2.32. The smallest absolute Gasteiger partial charge is 0.290 e. The third-order valence-electron chi connectivity index (χ3n) is 6.08. The number of nitrogen functional groups attached to an aromatic ring is 1. The molecule has 3 N–H and O–H groups in total. The van der Waals surface area contributed by atoms with Gasteiger partial charge in [-0.1, -0.05) is 18.7 Å². The Labute approximate surface area is 199 Å². The molecule has 0 radical (unpaired) electrons. The Kier molecular flexibility index (Phi) is 5.77. The number of H-pyrrole nitrogens is 1. The second-order valence-corrected chi connectivity index (χ2v) is 8.30. The van der Waals surface area contributed by atoms with E-state index in [4.69, 9.17) is 15.6 Å². The normalized spacial score (nSPS) is 15.8. The minimum atomic E-state index is -0.462. The van der Waals surface area contributed by atoms with Crippen molar-refractivity contribution in [3.05, 3.63) is 77.4 Å². The first-order valence-electron chi connectivity index (χ1n) is 11.2. The lowest BCUT2D eigenvalue weighted by atomic mass is 10.1. The number of nitrogens with zero attached hydrogens (tertiary/aromatic N) is 4. The first-order chi connectivity index (χ1) is 17.0. The second kappa shape index (κ2) is 9.05. The summed E-state index contributed by atoms with van der Waals surface area (Å²) in [6.45, 7) is 4.59. The predicted molar refractivity (Wildman–Crippen MR) is 130 cm³/mol. The standard InChI is InChI=1S/C25H23FN6O3/c1-2-20(33)31-13-5-6-16(14-31)32-23-21(24(27)28-29-25(23)34)22(30-32)15-9-11-17(12-10-15)35-19-8-4-3-7-18(19)26/h2-4,7-12,16H,1,5-6,13-14H2,(H2,27,28)(H,29,34). The van der Waals surface area contributed by atoms with Gasteiger partial charge in [-0.05, 0) is 55.3 Å². The molecule has 1 aliphatic heterocycles. The molecule has 5 rings (SSSR count). The maximum atomic E-state index is 13.9. The van der Waals surface area contributed by atoms with Gasteiger partial charge in [-0.3, -0.25) is 14.3 Å². The number of hydrogen-bond acceptors (Lipinski definition) is 6. The molecule has 1 fully saturated rings. The van der Waals surface area contributed by atoms with Gasteiger partial charge >= 0.3 is 0 Å². The lowest BCUT2D eigenvalue weighted by Crippen LogP contribution is -2.40. The number of rotatable bonds is 5. The number of halogens is 1. The highest BCUT2D eigenvalue weighted by molar-refractivity contribution is 5.99. The number of piperidine rings is 1. The largest absolute Gasteiger partial charge is 0.454 e. The van der Waals surface area contributed by atoms with Gasteiger partial charge in [0.2, 0.25) is 5.91 Å². The van der Waals surface area contributed by atoms with Gasteiger partial charge < -0.3 is 15.4 Å². The number of carbonyl (C=O) groups excluding carboxylic acids is 1. The Hall–Kier alpha value is -4.47. The van der Waals surface area contributed by atoms with Crippen LogP contribution in [0.3, 0.4) is 0 Å². The van der Waals surface area contributed by atoms with Gasteiger partial charge in [0.1, 0.15) is 17.0 Å². The minimum absolute atomic E-state index is 0.117. The maximum absolute atomic E-state index is 13.9. The Morgan fingerprint density at radius 3 is 2.74 bits per heavy atom. The van der Waals surface area contributed by atoms with Crippen molar-refractivity contribution in [2.45, 2.75) is 18.9 Å². The maximum Gasteiger partial charge on any atom is 0.290 e. The summed E-state index contributed by atoms with van der Waals surface area (Å²) in [5.41, 5.74) is 7.23. The van der Waals surface area contributed by atoms with Crippen LogP contribution in [-0.4, -0.2) is 43.9 Å². The van der Waals surface area contributed by atoms with Crippen LogP contribution in [0.25, 0.3) is 22.2 Å². The van der Waals surface area contributed by atoms with E-state index in [2.05, 4.69) is 16.8 Å². The molecular weight excluding hydrogens is 451 g/mol. The molecule has 10 heteroatoms. The molecule has 35 heavy (non-hydrogen) atoms. The molecule has 1 unspecified atom stereocenters. The Morgan fingerprint density at radius 2 is 2.00 bits per heavy atom. The predicted octanol–water partition coefficient (Wildman–Crippen LogP) is 3.65. The number of carbonyl (C=O) groups is 1. The SMILES string of the molecule is C=CC(=O)N1CCCC(n2nc(-c3ccc(Oc4ccccc4F)cc3)c3c(N)n[nH]c(=O)c32)C1. The molecule has 2 aromatic carbocycles. The van der Waals surface area contributed by atoms with E-state index >= 15 is 0 Å². The summed E-state index contributed by atoms with van der Waals surface area (Å²) < 4.78 is 21.2. The van der Waals surface area contributed by atoms with E-state index in [9.17, 15) is 14.0 Å². The van der Waals surface area contributed by atoms with Gasteiger partial charge in [0.25, 0.3) is 5.56 Å². The zero-order valence-electron chi connectivity index (χ0n) is 18.8. The van der Waals surface area contributed by atoms with Crippen LogP contribution in [0.2, 0.25) is 0 Å². The van der Waals surface area contributed by atoms with Crippen molar-refractivity contribution in [3.8, 4) is 22.8 Å². The first-order valence-corrected chi connectivity index (χ1v) is 11.2. The fourth-order valence-corrected chi connectivity index (χ4v) is 4.40. The third kappa shape index (κ3) is 4.14. The molecule has 0 saturated carbocycles. The summed E-state index contributed by atoms with van der Waals surface area (Å²) in [7, 11) is 0. The average molecular weight is 474 g/mol. The zero-order chi connectivity index (χ0) is 24.5. The fraction of sp³-hybridized carbons (Fsp3) is 0.200. The molecule has 3 heterocycles. The number of fused-ring (bicyclic) bond motifs is 1. The third-order valence-corrected chi connectivity index (χ3v) is 6.08. The second-order valence-electron chi connectivity index (χ2n) is 8.30. The molecule has 0 bridgehead atoms. The molecule has 9 nitrogen and oxygen atoms in total. The van der Waals surface area contributed by atoms with Crippen LogP contribution < -0.4 is 16.0 Å². The van der Waals surface area contributed by atoms with Crippen molar-refractivity contribution in [1.29, 1.82) is 0 Å². The van der Waals surface area contributed by atoms with Crippen LogP contribution in [0.1, 0.15) is 18.9 Å². The van der Waals surface area contributed by atoms with Gasteiger partial charge in [0, 0.05) is 18.7 Å². The van der Waals surface area contributed by atoms with Crippen LogP contribution >= 0.6 is 0 Å². The van der Waals surface area contributed by atoms with Crippen molar-refractivity contribution < 1.29 is 13.9 Å². The topological polar surface area (TPSA) is 119 Å². The number of aromatic nitrogens is 4.